The summed E-state index contributed by atoms with van der Waals surface area (Å²) in [7, 11) is 3.93. The van der Waals surface area contributed by atoms with Gasteiger partial charge in [0, 0.05) is 23.7 Å². The first-order chi connectivity index (χ1) is 15.1. The second kappa shape index (κ2) is 8.01. The first-order valence-electron chi connectivity index (χ1n) is 9.86. The minimum absolute atomic E-state index is 0.274. The summed E-state index contributed by atoms with van der Waals surface area (Å²) in [5.41, 5.74) is 3.64. The fourth-order valence-corrected chi connectivity index (χ4v) is 4.22. The molecular formula is C22H21N5O3S. The Hall–Kier alpha value is -3.43. The van der Waals surface area contributed by atoms with Gasteiger partial charge in [-0.1, -0.05) is 6.07 Å². The number of imidazole rings is 1. The monoisotopic (exact) mass is 435 g/mol. The van der Waals surface area contributed by atoms with Crippen molar-refractivity contribution >= 4 is 28.0 Å². The Morgan fingerprint density at radius 3 is 2.84 bits per heavy atom. The molecule has 0 radical (unpaired) electrons. The highest BCUT2D eigenvalue weighted by atomic mass is 32.1. The van der Waals surface area contributed by atoms with E-state index in [0.717, 1.165) is 28.3 Å². The van der Waals surface area contributed by atoms with Gasteiger partial charge in [0.05, 0.1) is 11.4 Å². The topological polar surface area (TPSA) is 81.0 Å². The zero-order valence-electron chi connectivity index (χ0n) is 17.2. The molecule has 0 bridgehead atoms. The molecule has 0 atom stereocenters. The van der Waals surface area contributed by atoms with E-state index in [4.69, 9.17) is 9.47 Å². The molecule has 1 aromatic carbocycles. The maximum absolute atomic E-state index is 13.0. The Bertz CT molecular complexity index is 1260. The Labute approximate surface area is 183 Å². The smallest absolute Gasteiger partial charge is 0.278 e. The molecule has 4 heterocycles. The molecule has 0 saturated carbocycles. The lowest BCUT2D eigenvalue weighted by molar-refractivity contribution is 0.102. The zero-order valence-corrected chi connectivity index (χ0v) is 18.0. The van der Waals surface area contributed by atoms with Gasteiger partial charge in [-0.2, -0.15) is 0 Å². The number of fused-ring (bicyclic) bond motifs is 2. The molecule has 1 N–H and O–H groups in total. The summed E-state index contributed by atoms with van der Waals surface area (Å²) >= 11 is 1.37. The molecular weight excluding hydrogens is 414 g/mol. The largest absolute Gasteiger partial charge is 0.486 e. The maximum atomic E-state index is 13.0. The van der Waals surface area contributed by atoms with Crippen molar-refractivity contribution in [2.75, 3.05) is 32.6 Å². The number of thiazole rings is 1. The number of benzene rings is 1. The molecule has 31 heavy (non-hydrogen) atoms. The molecule has 3 aromatic heterocycles. The number of nitrogens with zero attached hydrogens (tertiary/aromatic N) is 4. The van der Waals surface area contributed by atoms with E-state index >= 15 is 0 Å². The second-order valence-electron chi connectivity index (χ2n) is 7.42. The standard InChI is InChI=1S/C22H21N5O3S/c1-26(2)12-16-20(24-19-5-3-4-8-27(16)19)21(28)25-22-23-15(13-31-22)14-6-7-17-18(11-14)30-10-9-29-17/h3-8,11,13H,9-10,12H2,1-2H3,(H,23,25,28). The summed E-state index contributed by atoms with van der Waals surface area (Å²) in [5, 5.41) is 5.33. The van der Waals surface area contributed by atoms with E-state index < -0.39 is 0 Å². The van der Waals surface area contributed by atoms with Crippen LogP contribution in [0.1, 0.15) is 16.2 Å². The number of carbonyl (C=O) groups is 1. The molecule has 8 nitrogen and oxygen atoms in total. The molecule has 1 aliphatic rings. The molecule has 9 heteroatoms. The Balaban J connectivity index is 1.40. The molecule has 0 spiro atoms. The van der Waals surface area contributed by atoms with Crippen molar-refractivity contribution in [3.8, 4) is 22.8 Å². The Morgan fingerprint density at radius 2 is 2.00 bits per heavy atom. The van der Waals surface area contributed by atoms with Gasteiger partial charge in [-0.15, -0.1) is 11.3 Å². The average molecular weight is 436 g/mol. The lowest BCUT2D eigenvalue weighted by atomic mass is 10.1. The van der Waals surface area contributed by atoms with Crippen molar-refractivity contribution in [3.63, 3.8) is 0 Å². The summed E-state index contributed by atoms with van der Waals surface area (Å²) in [6, 6.07) is 11.4. The molecule has 158 valence electrons. The molecule has 4 aromatic rings. The Morgan fingerprint density at radius 1 is 1.16 bits per heavy atom. The second-order valence-corrected chi connectivity index (χ2v) is 8.28. The Kier molecular flexibility index (Phi) is 5.05. The fraction of sp³-hybridized carbons (Fsp3) is 0.227. The van der Waals surface area contributed by atoms with Crippen LogP contribution in [-0.4, -0.2) is 52.5 Å². The maximum Gasteiger partial charge on any atom is 0.278 e. The van der Waals surface area contributed by atoms with Crippen LogP contribution in [-0.2, 0) is 6.54 Å². The minimum Gasteiger partial charge on any atom is -0.486 e. The number of amides is 1. The van der Waals surface area contributed by atoms with Gasteiger partial charge in [0.25, 0.3) is 5.91 Å². The summed E-state index contributed by atoms with van der Waals surface area (Å²) in [6.07, 6.45) is 1.92. The molecule has 1 amide bonds. The minimum atomic E-state index is -0.274. The third-order valence-electron chi connectivity index (χ3n) is 4.87. The molecule has 0 fully saturated rings. The van der Waals surface area contributed by atoms with Crippen LogP contribution < -0.4 is 14.8 Å². The van der Waals surface area contributed by atoms with Gasteiger partial charge in [-0.05, 0) is 44.4 Å². The SMILES string of the molecule is CN(C)Cc1c(C(=O)Nc2nc(-c3ccc4c(c3)OCCO4)cs2)nc2ccccn12. The van der Waals surface area contributed by atoms with E-state index in [1.807, 2.05) is 71.4 Å². The lowest BCUT2D eigenvalue weighted by Crippen LogP contribution is -2.19. The predicted octanol–water partition coefficient (Wildman–Crippen LogP) is 3.54. The van der Waals surface area contributed by atoms with Crippen molar-refractivity contribution in [1.82, 2.24) is 19.3 Å². The highest BCUT2D eigenvalue weighted by molar-refractivity contribution is 7.14. The van der Waals surface area contributed by atoms with Gasteiger partial charge in [0.1, 0.15) is 18.9 Å². The molecule has 1 aliphatic heterocycles. The van der Waals surface area contributed by atoms with E-state index in [1.165, 1.54) is 11.3 Å². The van der Waals surface area contributed by atoms with Crippen LogP contribution >= 0.6 is 11.3 Å². The third-order valence-corrected chi connectivity index (χ3v) is 5.63. The third kappa shape index (κ3) is 3.85. The number of ether oxygens (including phenoxy) is 2. The summed E-state index contributed by atoms with van der Waals surface area (Å²) < 4.78 is 13.2. The highest BCUT2D eigenvalue weighted by Gasteiger charge is 2.21. The van der Waals surface area contributed by atoms with Crippen LogP contribution in [0, 0.1) is 0 Å². The van der Waals surface area contributed by atoms with Gasteiger partial charge >= 0.3 is 0 Å². The van der Waals surface area contributed by atoms with E-state index in [1.54, 1.807) is 0 Å². The quantitative estimate of drug-likeness (QED) is 0.516. The van der Waals surface area contributed by atoms with E-state index in [2.05, 4.69) is 15.3 Å². The highest BCUT2D eigenvalue weighted by Crippen LogP contribution is 2.35. The van der Waals surface area contributed by atoms with Gasteiger partial charge < -0.3 is 18.8 Å². The first kappa shape index (κ1) is 19.5. The van der Waals surface area contributed by atoms with Gasteiger partial charge in [0.15, 0.2) is 22.3 Å². The van der Waals surface area contributed by atoms with Gasteiger partial charge in [0.2, 0.25) is 0 Å². The van der Waals surface area contributed by atoms with Crippen molar-refractivity contribution in [2.24, 2.45) is 0 Å². The van der Waals surface area contributed by atoms with Gasteiger partial charge in [-0.3, -0.25) is 10.1 Å². The van der Waals surface area contributed by atoms with Gasteiger partial charge in [-0.25, -0.2) is 9.97 Å². The summed E-state index contributed by atoms with van der Waals surface area (Å²) in [5.74, 6) is 1.17. The van der Waals surface area contributed by atoms with Crippen LogP contribution in [0.4, 0.5) is 5.13 Å². The summed E-state index contributed by atoms with van der Waals surface area (Å²) in [6.45, 7) is 1.68. The number of anilines is 1. The van der Waals surface area contributed by atoms with Crippen molar-refractivity contribution in [2.45, 2.75) is 6.54 Å². The normalized spacial score (nSPS) is 13.0. The number of hydrogen-bond acceptors (Lipinski definition) is 7. The lowest BCUT2D eigenvalue weighted by Gasteiger charge is -2.18. The van der Waals surface area contributed by atoms with Crippen LogP contribution in [0.2, 0.25) is 0 Å². The molecule has 0 aliphatic carbocycles. The van der Waals surface area contributed by atoms with Crippen molar-refractivity contribution in [1.29, 1.82) is 0 Å². The van der Waals surface area contributed by atoms with Crippen molar-refractivity contribution < 1.29 is 14.3 Å². The first-order valence-corrected chi connectivity index (χ1v) is 10.7. The molecule has 0 saturated heterocycles. The molecule has 5 rings (SSSR count). The number of nitrogens with one attached hydrogen (secondary N) is 1. The van der Waals surface area contributed by atoms with Crippen LogP contribution in [0.15, 0.2) is 48.0 Å². The number of carbonyl (C=O) groups excluding carboxylic acids is 1. The van der Waals surface area contributed by atoms with E-state index in [-0.39, 0.29) is 5.91 Å². The van der Waals surface area contributed by atoms with Crippen LogP contribution in [0.25, 0.3) is 16.9 Å². The van der Waals surface area contributed by atoms with Crippen molar-refractivity contribution in [3.05, 3.63) is 59.4 Å². The number of aromatic nitrogens is 3. The van der Waals surface area contributed by atoms with E-state index in [0.29, 0.717) is 36.3 Å². The number of pyridine rings is 1. The average Bonchev–Trinajstić information content (AvgIpc) is 3.38. The van der Waals surface area contributed by atoms with Crippen LogP contribution in [0.5, 0.6) is 11.5 Å². The zero-order chi connectivity index (χ0) is 21.4. The van der Waals surface area contributed by atoms with Crippen LogP contribution in [0.3, 0.4) is 0 Å². The predicted molar refractivity (Wildman–Crippen MR) is 119 cm³/mol. The fourth-order valence-electron chi connectivity index (χ4n) is 3.50. The van der Waals surface area contributed by atoms with E-state index in [9.17, 15) is 4.79 Å². The molecule has 0 unspecified atom stereocenters. The number of rotatable bonds is 5. The number of hydrogen-bond donors (Lipinski definition) is 1. The summed E-state index contributed by atoms with van der Waals surface area (Å²) in [4.78, 5) is 24.2.